The van der Waals surface area contributed by atoms with Crippen molar-refractivity contribution in [2.24, 2.45) is 0 Å². The zero-order chi connectivity index (χ0) is 17.6. The van der Waals surface area contributed by atoms with E-state index >= 15 is 0 Å². The number of nitrogens with one attached hydrogen (secondary N) is 2. The van der Waals surface area contributed by atoms with E-state index in [2.05, 4.69) is 10.3 Å². The molecule has 0 spiro atoms. The van der Waals surface area contributed by atoms with Crippen molar-refractivity contribution < 1.29 is 14.6 Å². The summed E-state index contributed by atoms with van der Waals surface area (Å²) in [5.74, 6) is -0.0760. The summed E-state index contributed by atoms with van der Waals surface area (Å²) >= 11 is 0. The monoisotopic (exact) mass is 338 g/mol. The third kappa shape index (κ3) is 4.00. The van der Waals surface area contributed by atoms with Crippen LogP contribution in [0.15, 0.2) is 54.7 Å². The van der Waals surface area contributed by atoms with Crippen LogP contribution >= 0.6 is 0 Å². The second-order valence-electron chi connectivity index (χ2n) is 5.88. The first-order valence-corrected chi connectivity index (χ1v) is 8.41. The number of para-hydroxylation sites is 2. The van der Waals surface area contributed by atoms with E-state index in [4.69, 9.17) is 4.74 Å². The summed E-state index contributed by atoms with van der Waals surface area (Å²) in [7, 11) is 0. The summed E-state index contributed by atoms with van der Waals surface area (Å²) in [5, 5.41) is 13.8. The number of benzene rings is 2. The van der Waals surface area contributed by atoms with E-state index < -0.39 is 12.0 Å². The Balaban J connectivity index is 1.73. The lowest BCUT2D eigenvalue weighted by molar-refractivity contribution is -0.139. The Morgan fingerprint density at radius 2 is 1.92 bits per heavy atom. The molecule has 0 unspecified atom stereocenters. The van der Waals surface area contributed by atoms with Crippen LogP contribution in [0.2, 0.25) is 0 Å². The van der Waals surface area contributed by atoms with Crippen LogP contribution in [0.1, 0.15) is 18.1 Å². The molecule has 3 rings (SSSR count). The highest BCUT2D eigenvalue weighted by molar-refractivity contribution is 5.84. The van der Waals surface area contributed by atoms with Crippen molar-refractivity contribution >= 4 is 16.9 Å². The summed E-state index contributed by atoms with van der Waals surface area (Å²) < 4.78 is 5.60. The van der Waals surface area contributed by atoms with Crippen molar-refractivity contribution in [3.63, 3.8) is 0 Å². The van der Waals surface area contributed by atoms with Crippen LogP contribution in [0, 0.1) is 0 Å². The van der Waals surface area contributed by atoms with Crippen molar-refractivity contribution in [3.8, 4) is 5.75 Å². The van der Waals surface area contributed by atoms with E-state index in [0.29, 0.717) is 19.6 Å². The Hall–Kier alpha value is -2.79. The molecule has 0 amide bonds. The third-order valence-corrected chi connectivity index (χ3v) is 4.21. The number of rotatable bonds is 8. The predicted molar refractivity (Wildman–Crippen MR) is 97.9 cm³/mol. The number of aromatic amines is 1. The van der Waals surface area contributed by atoms with E-state index in [1.54, 1.807) is 0 Å². The molecule has 1 aromatic heterocycles. The average molecular weight is 338 g/mol. The molecule has 3 N–H and O–H groups in total. The molecule has 1 heterocycles. The van der Waals surface area contributed by atoms with Crippen LogP contribution in [-0.2, 0) is 17.8 Å². The first-order valence-electron chi connectivity index (χ1n) is 8.41. The smallest absolute Gasteiger partial charge is 0.321 e. The second-order valence-corrected chi connectivity index (χ2v) is 5.88. The number of carboxylic acid groups (broad SMARTS) is 1. The van der Waals surface area contributed by atoms with Crippen molar-refractivity contribution in [2.75, 3.05) is 6.61 Å². The van der Waals surface area contributed by atoms with Crippen LogP contribution < -0.4 is 10.1 Å². The fraction of sp³-hybridized carbons (Fsp3) is 0.250. The molecule has 0 bridgehead atoms. The molecule has 5 heteroatoms. The van der Waals surface area contributed by atoms with Crippen molar-refractivity contribution in [1.29, 1.82) is 0 Å². The Bertz CT molecular complexity index is 857. The Morgan fingerprint density at radius 1 is 1.16 bits per heavy atom. The molecule has 2 aromatic carbocycles. The predicted octanol–water partition coefficient (Wildman–Crippen LogP) is 3.35. The molecule has 130 valence electrons. The van der Waals surface area contributed by atoms with Gasteiger partial charge in [-0.2, -0.15) is 0 Å². The zero-order valence-electron chi connectivity index (χ0n) is 14.2. The average Bonchev–Trinajstić information content (AvgIpc) is 3.03. The topological polar surface area (TPSA) is 74.3 Å². The number of carboxylic acids is 1. The van der Waals surface area contributed by atoms with Crippen LogP contribution in [0.3, 0.4) is 0 Å². The molecule has 0 saturated heterocycles. The molecule has 25 heavy (non-hydrogen) atoms. The summed E-state index contributed by atoms with van der Waals surface area (Å²) in [5.41, 5.74) is 2.96. The lowest BCUT2D eigenvalue weighted by atomic mass is 10.0. The van der Waals surface area contributed by atoms with Gasteiger partial charge in [0.1, 0.15) is 11.8 Å². The molecular formula is C20H22N2O3. The van der Waals surface area contributed by atoms with Crippen LogP contribution in [-0.4, -0.2) is 28.7 Å². The van der Waals surface area contributed by atoms with Gasteiger partial charge in [0.25, 0.3) is 0 Å². The maximum Gasteiger partial charge on any atom is 0.321 e. The van der Waals surface area contributed by atoms with E-state index in [0.717, 1.165) is 27.8 Å². The maximum atomic E-state index is 11.7. The van der Waals surface area contributed by atoms with Gasteiger partial charge in [-0.05, 0) is 24.6 Å². The number of carbonyl (C=O) groups is 1. The largest absolute Gasteiger partial charge is 0.494 e. The Labute approximate surface area is 146 Å². The van der Waals surface area contributed by atoms with Crippen LogP contribution in [0.4, 0.5) is 0 Å². The van der Waals surface area contributed by atoms with Gasteiger partial charge < -0.3 is 14.8 Å². The quantitative estimate of drug-likeness (QED) is 0.589. The highest BCUT2D eigenvalue weighted by Gasteiger charge is 2.19. The minimum absolute atomic E-state index is 0.413. The minimum Gasteiger partial charge on any atom is -0.494 e. The molecule has 1 atom stereocenters. The number of hydrogen-bond donors (Lipinski definition) is 3. The van der Waals surface area contributed by atoms with E-state index in [1.807, 2.05) is 61.7 Å². The fourth-order valence-corrected chi connectivity index (χ4v) is 2.95. The lowest BCUT2D eigenvalue weighted by Gasteiger charge is -2.16. The highest BCUT2D eigenvalue weighted by atomic mass is 16.5. The number of hydrogen-bond acceptors (Lipinski definition) is 3. The molecular weight excluding hydrogens is 316 g/mol. The van der Waals surface area contributed by atoms with Crippen LogP contribution in [0.5, 0.6) is 5.75 Å². The maximum absolute atomic E-state index is 11.7. The van der Waals surface area contributed by atoms with Gasteiger partial charge in [-0.25, -0.2) is 0 Å². The van der Waals surface area contributed by atoms with E-state index in [9.17, 15) is 9.90 Å². The molecule has 0 aliphatic rings. The van der Waals surface area contributed by atoms with Gasteiger partial charge in [0.05, 0.1) is 6.61 Å². The molecule has 0 radical (unpaired) electrons. The third-order valence-electron chi connectivity index (χ3n) is 4.21. The van der Waals surface area contributed by atoms with Gasteiger partial charge in [0, 0.05) is 35.6 Å². The first kappa shape index (κ1) is 17.0. The van der Waals surface area contributed by atoms with Gasteiger partial charge >= 0.3 is 5.97 Å². The van der Waals surface area contributed by atoms with Gasteiger partial charge in [-0.1, -0.05) is 36.4 Å². The van der Waals surface area contributed by atoms with Gasteiger partial charge in [0.15, 0.2) is 0 Å². The van der Waals surface area contributed by atoms with E-state index in [-0.39, 0.29) is 0 Å². The standard InChI is InChI=1S/C20H22N2O3/c1-2-25-19-10-6-3-7-14(19)12-22-18(20(23)24)11-15-13-21-17-9-5-4-8-16(15)17/h3-10,13,18,21-22H,2,11-12H2,1H3,(H,23,24)/t18-/m0/s1. The number of aliphatic carboxylic acids is 1. The minimum atomic E-state index is -0.862. The van der Waals surface area contributed by atoms with E-state index in [1.165, 1.54) is 0 Å². The molecule has 3 aromatic rings. The van der Waals surface area contributed by atoms with Gasteiger partial charge in [0.2, 0.25) is 0 Å². The van der Waals surface area contributed by atoms with Gasteiger partial charge in [-0.15, -0.1) is 0 Å². The summed E-state index contributed by atoms with van der Waals surface area (Å²) in [4.78, 5) is 14.9. The van der Waals surface area contributed by atoms with Crippen LogP contribution in [0.25, 0.3) is 10.9 Å². The Kier molecular flexibility index (Phi) is 5.36. The van der Waals surface area contributed by atoms with Gasteiger partial charge in [-0.3, -0.25) is 10.1 Å². The van der Waals surface area contributed by atoms with Crippen molar-refractivity contribution in [3.05, 3.63) is 65.9 Å². The number of ether oxygens (including phenoxy) is 1. The number of fused-ring (bicyclic) bond motifs is 1. The number of H-pyrrole nitrogens is 1. The van der Waals surface area contributed by atoms with Crippen molar-refractivity contribution in [1.82, 2.24) is 10.3 Å². The molecule has 0 aliphatic carbocycles. The molecule has 0 saturated carbocycles. The first-order chi connectivity index (χ1) is 12.2. The second kappa shape index (κ2) is 7.85. The summed E-state index contributed by atoms with van der Waals surface area (Å²) in [6.07, 6.45) is 2.30. The fourth-order valence-electron chi connectivity index (χ4n) is 2.95. The molecule has 0 fully saturated rings. The lowest BCUT2D eigenvalue weighted by Crippen LogP contribution is -2.38. The highest BCUT2D eigenvalue weighted by Crippen LogP contribution is 2.20. The molecule has 0 aliphatic heterocycles. The summed E-state index contributed by atoms with van der Waals surface area (Å²) in [6, 6.07) is 14.9. The number of aromatic nitrogens is 1. The normalized spacial score (nSPS) is 12.2. The Morgan fingerprint density at radius 3 is 2.72 bits per heavy atom. The SMILES string of the molecule is CCOc1ccccc1CN[C@@H](Cc1c[nH]c2ccccc12)C(=O)O. The zero-order valence-corrected chi connectivity index (χ0v) is 14.2. The summed E-state index contributed by atoms with van der Waals surface area (Å²) in [6.45, 7) is 2.95. The molecule has 5 nitrogen and oxygen atoms in total. The van der Waals surface area contributed by atoms with Crippen molar-refractivity contribution in [2.45, 2.75) is 25.9 Å².